The summed E-state index contributed by atoms with van der Waals surface area (Å²) in [6, 6.07) is 9.07. The number of aromatic amines is 2. The highest BCUT2D eigenvalue weighted by molar-refractivity contribution is 7.16. The zero-order valence-corrected chi connectivity index (χ0v) is 25.1. The molecule has 0 atom stereocenters. The van der Waals surface area contributed by atoms with Crippen molar-refractivity contribution < 1.29 is 23.0 Å². The lowest BCUT2D eigenvalue weighted by Gasteiger charge is -2.20. The lowest BCUT2D eigenvalue weighted by molar-refractivity contribution is 0.0836. The Morgan fingerprint density at radius 1 is 0.977 bits per heavy atom. The third-order valence-electron chi connectivity index (χ3n) is 6.90. The van der Waals surface area contributed by atoms with Gasteiger partial charge in [0.25, 0.3) is 0 Å². The van der Waals surface area contributed by atoms with Crippen LogP contribution in [0.2, 0.25) is 4.34 Å². The molecule has 2 saturated heterocycles. The first-order valence-electron chi connectivity index (χ1n) is 13.5. The van der Waals surface area contributed by atoms with Crippen molar-refractivity contribution in [2.24, 2.45) is 0 Å². The Morgan fingerprint density at radius 2 is 1.65 bits per heavy atom. The van der Waals surface area contributed by atoms with Crippen molar-refractivity contribution in [1.29, 1.82) is 5.26 Å². The summed E-state index contributed by atoms with van der Waals surface area (Å²) in [4.78, 5) is 12.4. The number of nitrogens with two attached hydrogens (primary N) is 1. The van der Waals surface area contributed by atoms with Crippen molar-refractivity contribution >= 4 is 46.4 Å². The number of thiophene rings is 2. The molecule has 6 heterocycles. The first kappa shape index (κ1) is 34.3. The fourth-order valence-corrected chi connectivity index (χ4v) is 6.32. The van der Waals surface area contributed by atoms with E-state index in [1.54, 1.807) is 12.1 Å². The number of aldehydes is 1. The molecule has 14 heteroatoms. The van der Waals surface area contributed by atoms with Crippen LogP contribution < -0.4 is 5.73 Å². The Bertz CT molecular complexity index is 1470. The van der Waals surface area contributed by atoms with E-state index in [4.69, 9.17) is 32.1 Å². The van der Waals surface area contributed by atoms with E-state index in [0.717, 1.165) is 47.6 Å². The molecule has 232 valence electrons. The van der Waals surface area contributed by atoms with E-state index in [9.17, 15) is 13.6 Å². The van der Waals surface area contributed by atoms with Gasteiger partial charge in [0.1, 0.15) is 16.6 Å². The summed E-state index contributed by atoms with van der Waals surface area (Å²) in [6.45, 7) is 2.76. The van der Waals surface area contributed by atoms with Gasteiger partial charge in [-0.15, -0.1) is 22.7 Å². The van der Waals surface area contributed by atoms with Crippen LogP contribution in [-0.4, -0.2) is 53.1 Å². The molecule has 6 rings (SSSR count). The summed E-state index contributed by atoms with van der Waals surface area (Å²) >= 11 is 8.64. The number of carbonyl (C=O) groups is 1. The molecule has 0 spiro atoms. The smallest absolute Gasteiger partial charge is 0.188 e. The number of hydrogen-bond acceptors (Lipinski definition) is 9. The molecule has 43 heavy (non-hydrogen) atoms. The summed E-state index contributed by atoms with van der Waals surface area (Å²) < 4.78 is 38.9. The zero-order chi connectivity index (χ0) is 29.9. The molecule has 0 aromatic carbocycles. The lowest BCUT2D eigenvalue weighted by Crippen LogP contribution is -2.15. The quantitative estimate of drug-likeness (QED) is 0.190. The SMILES string of the molecule is C.Fc1c(C2CCOCC2)n[nH]c1CCc1ccc(Cl)s1.N#Cc1ccc(C=O)s1.Nc1n[nH]c(C2CCOCC2)c1F. The minimum absolute atomic E-state index is 0. The maximum Gasteiger partial charge on any atom is 0.188 e. The predicted octanol–water partition coefficient (Wildman–Crippen LogP) is 7.04. The van der Waals surface area contributed by atoms with E-state index in [2.05, 4.69) is 20.4 Å². The molecule has 2 aliphatic rings. The van der Waals surface area contributed by atoms with Crippen molar-refractivity contribution in [2.75, 3.05) is 32.2 Å². The van der Waals surface area contributed by atoms with Crippen LogP contribution in [0.4, 0.5) is 14.6 Å². The average molecular weight is 653 g/mol. The Morgan fingerprint density at radius 3 is 2.16 bits per heavy atom. The van der Waals surface area contributed by atoms with Crippen LogP contribution >= 0.6 is 34.3 Å². The first-order valence-corrected chi connectivity index (χ1v) is 15.5. The number of nitrogens with one attached hydrogen (secondary N) is 2. The summed E-state index contributed by atoms with van der Waals surface area (Å²) in [5, 5.41) is 21.6. The Kier molecular flexibility index (Phi) is 13.8. The molecule has 4 N–H and O–H groups in total. The van der Waals surface area contributed by atoms with Gasteiger partial charge in [-0.05, 0) is 62.8 Å². The van der Waals surface area contributed by atoms with Crippen LogP contribution in [0.25, 0.3) is 0 Å². The molecular weight excluding hydrogens is 618 g/mol. The summed E-state index contributed by atoms with van der Waals surface area (Å²) in [7, 11) is 0. The zero-order valence-electron chi connectivity index (χ0n) is 22.7. The van der Waals surface area contributed by atoms with E-state index < -0.39 is 5.82 Å². The second-order valence-corrected chi connectivity index (χ2v) is 12.6. The van der Waals surface area contributed by atoms with Crippen molar-refractivity contribution in [3.8, 4) is 6.07 Å². The molecule has 2 aliphatic heterocycles. The Hall–Kier alpha value is -3.15. The van der Waals surface area contributed by atoms with E-state index in [1.165, 1.54) is 22.7 Å². The number of carbonyl (C=O) groups excluding carboxylic acids is 1. The van der Waals surface area contributed by atoms with E-state index >= 15 is 0 Å². The minimum Gasteiger partial charge on any atom is -0.381 e. The van der Waals surface area contributed by atoms with Gasteiger partial charge in [0.05, 0.1) is 20.6 Å². The Balaban J connectivity index is 0.000000190. The number of nitrogens with zero attached hydrogens (tertiary/aromatic N) is 3. The minimum atomic E-state index is -0.396. The van der Waals surface area contributed by atoms with Crippen molar-refractivity contribution in [3.05, 3.63) is 71.9 Å². The highest BCUT2D eigenvalue weighted by atomic mass is 35.5. The number of aryl methyl sites for hydroxylation is 2. The van der Waals surface area contributed by atoms with Gasteiger partial charge in [0, 0.05) is 43.1 Å². The fourth-order valence-electron chi connectivity index (χ4n) is 4.61. The molecule has 0 radical (unpaired) electrons. The van der Waals surface area contributed by atoms with Gasteiger partial charge in [-0.25, -0.2) is 8.78 Å². The first-order chi connectivity index (χ1) is 20.4. The van der Waals surface area contributed by atoms with Gasteiger partial charge >= 0.3 is 0 Å². The number of nitrogen functional groups attached to an aromatic ring is 1. The second kappa shape index (κ2) is 17.2. The number of nitriles is 1. The topological polar surface area (TPSA) is 143 Å². The van der Waals surface area contributed by atoms with Crippen LogP contribution in [0.1, 0.15) is 81.5 Å². The van der Waals surface area contributed by atoms with Gasteiger partial charge in [0.15, 0.2) is 23.7 Å². The van der Waals surface area contributed by atoms with Crippen molar-refractivity contribution in [3.63, 3.8) is 0 Å². The average Bonchev–Trinajstić information content (AvgIpc) is 3.82. The highest BCUT2D eigenvalue weighted by Crippen LogP contribution is 2.30. The third-order valence-corrected chi connectivity index (χ3v) is 9.11. The molecule has 9 nitrogen and oxygen atoms in total. The maximum absolute atomic E-state index is 14.4. The highest BCUT2D eigenvalue weighted by Gasteiger charge is 2.24. The summed E-state index contributed by atoms with van der Waals surface area (Å²) in [6.07, 6.45) is 5.51. The molecule has 0 unspecified atom stereocenters. The predicted molar refractivity (Wildman–Crippen MR) is 165 cm³/mol. The van der Waals surface area contributed by atoms with Gasteiger partial charge in [0.2, 0.25) is 0 Å². The number of rotatable bonds is 6. The molecule has 4 aromatic heterocycles. The number of hydrogen-bond donors (Lipinski definition) is 3. The molecule has 0 amide bonds. The molecule has 2 fully saturated rings. The van der Waals surface area contributed by atoms with E-state index in [-0.39, 0.29) is 30.9 Å². The fraction of sp³-hybridized carbons (Fsp3) is 0.448. The maximum atomic E-state index is 14.4. The van der Waals surface area contributed by atoms with Gasteiger partial charge in [-0.2, -0.15) is 15.5 Å². The number of anilines is 1. The number of ether oxygens (including phenoxy) is 2. The van der Waals surface area contributed by atoms with Gasteiger partial charge in [-0.3, -0.25) is 15.0 Å². The molecule has 0 bridgehead atoms. The Labute approximate surface area is 262 Å². The molecule has 0 saturated carbocycles. The van der Waals surface area contributed by atoms with Crippen molar-refractivity contribution in [1.82, 2.24) is 20.4 Å². The largest absolute Gasteiger partial charge is 0.381 e. The normalized spacial score (nSPS) is 15.3. The molecular formula is C29H35ClF2N6O3S2. The summed E-state index contributed by atoms with van der Waals surface area (Å²) in [5.41, 5.74) is 7.00. The van der Waals surface area contributed by atoms with Crippen LogP contribution in [0.3, 0.4) is 0 Å². The third kappa shape index (κ3) is 9.67. The van der Waals surface area contributed by atoms with Crippen LogP contribution in [0.15, 0.2) is 24.3 Å². The second-order valence-electron chi connectivity index (χ2n) is 9.65. The van der Waals surface area contributed by atoms with Crippen molar-refractivity contribution in [2.45, 2.75) is 57.8 Å². The lowest BCUT2D eigenvalue weighted by atomic mass is 9.96. The molecule has 0 aliphatic carbocycles. The monoisotopic (exact) mass is 652 g/mol. The van der Waals surface area contributed by atoms with Gasteiger partial charge < -0.3 is 15.2 Å². The standard InChI is InChI=1S/C14H16ClFN2OS.C8H12FN3O.C6H3NOS.CH4/c15-12-4-2-10(20-12)1-3-11-13(16)14(18-17-11)9-5-7-19-8-6-9;9-6-7(11-12-8(6)10)5-1-3-13-4-2-5;7-3-5-1-2-6(4-8)9-5;/h2,4,9H,1,3,5-8H2,(H,17,18);5H,1-4H2,(H3,10,11,12);1-2,4H;1H4. The van der Waals surface area contributed by atoms with Crippen LogP contribution in [0.5, 0.6) is 0 Å². The van der Waals surface area contributed by atoms with E-state index in [1.807, 2.05) is 18.2 Å². The van der Waals surface area contributed by atoms with Crippen LogP contribution in [-0.2, 0) is 22.3 Å². The van der Waals surface area contributed by atoms with Gasteiger partial charge in [-0.1, -0.05) is 19.0 Å². The number of aromatic nitrogens is 4. The van der Waals surface area contributed by atoms with E-state index in [0.29, 0.717) is 59.7 Å². The number of H-pyrrole nitrogens is 2. The van der Waals surface area contributed by atoms with Crippen LogP contribution in [0, 0.1) is 23.0 Å². The molecule has 4 aromatic rings. The summed E-state index contributed by atoms with van der Waals surface area (Å²) in [5.74, 6) is -0.239. The number of halogens is 3.